The van der Waals surface area contributed by atoms with E-state index >= 15 is 0 Å². The average molecular weight is 361 g/mol. The molecule has 1 amide bonds. The van der Waals surface area contributed by atoms with Crippen molar-refractivity contribution in [2.24, 2.45) is 0 Å². The van der Waals surface area contributed by atoms with E-state index in [1.165, 1.54) is 13.8 Å². The molecular weight excluding hydrogens is 344 g/mol. The first kappa shape index (κ1) is 20.3. The van der Waals surface area contributed by atoms with Crippen molar-refractivity contribution in [2.45, 2.75) is 57.6 Å². The minimum atomic E-state index is -6.06. The van der Waals surface area contributed by atoms with E-state index in [1.807, 2.05) is 5.32 Å². The molecule has 1 rings (SSSR count). The maximum atomic E-state index is 13.0. The Bertz CT molecular complexity index is 578. The quantitative estimate of drug-likeness (QED) is 0.789. The summed E-state index contributed by atoms with van der Waals surface area (Å²) < 4.78 is 79.0. The van der Waals surface area contributed by atoms with Crippen LogP contribution in [-0.4, -0.2) is 33.1 Å². The zero-order valence-electron chi connectivity index (χ0n) is 13.1. The summed E-state index contributed by atoms with van der Waals surface area (Å²) in [6, 6.07) is -0.651. The Balaban J connectivity index is 3.59. The molecule has 0 saturated carbocycles. The second-order valence-corrected chi connectivity index (χ2v) is 5.45. The molecule has 0 saturated heterocycles. The van der Waals surface area contributed by atoms with E-state index < -0.39 is 41.3 Å². The first-order chi connectivity index (χ1) is 10.8. The number of nitrogens with one attached hydrogen (secondary N) is 1. The molecule has 11 heteroatoms. The molecule has 2 N–H and O–H groups in total. The number of anilines is 1. The number of alkyl halides is 6. The first-order valence-electron chi connectivity index (χ1n) is 7.01. The number of nitrogens with zero attached hydrogens (tertiary/aromatic N) is 2. The third kappa shape index (κ3) is 3.50. The molecule has 138 valence electrons. The van der Waals surface area contributed by atoms with Crippen LogP contribution in [0, 0.1) is 0 Å². The van der Waals surface area contributed by atoms with Crippen molar-refractivity contribution >= 4 is 11.7 Å². The second kappa shape index (κ2) is 6.61. The van der Waals surface area contributed by atoms with Crippen molar-refractivity contribution in [2.75, 3.05) is 5.32 Å². The fourth-order valence-corrected chi connectivity index (χ4v) is 2.03. The van der Waals surface area contributed by atoms with Gasteiger partial charge in [0.1, 0.15) is 5.82 Å². The summed E-state index contributed by atoms with van der Waals surface area (Å²) in [4.78, 5) is 11.7. The topological polar surface area (TPSA) is 67.2 Å². The van der Waals surface area contributed by atoms with Crippen molar-refractivity contribution in [1.29, 1.82) is 0 Å². The normalized spacial score (nSPS) is 13.5. The first-order valence-corrected chi connectivity index (χ1v) is 7.01. The molecule has 0 spiro atoms. The molecule has 0 bridgehead atoms. The van der Waals surface area contributed by atoms with Gasteiger partial charge in [-0.05, 0) is 20.3 Å². The molecule has 0 fully saturated rings. The van der Waals surface area contributed by atoms with E-state index in [0.29, 0.717) is 6.42 Å². The van der Waals surface area contributed by atoms with Crippen LogP contribution in [0.2, 0.25) is 0 Å². The molecule has 0 aliphatic heterocycles. The van der Waals surface area contributed by atoms with Gasteiger partial charge >= 0.3 is 12.4 Å². The largest absolute Gasteiger partial charge is 0.430 e. The fraction of sp³-hybridized carbons (Fsp3) is 0.692. The van der Waals surface area contributed by atoms with Crippen LogP contribution in [-0.2, 0) is 10.4 Å². The molecule has 0 unspecified atom stereocenters. The van der Waals surface area contributed by atoms with Gasteiger partial charge in [0.15, 0.2) is 0 Å². The van der Waals surface area contributed by atoms with Crippen LogP contribution < -0.4 is 5.32 Å². The Morgan fingerprint density at radius 2 is 1.75 bits per heavy atom. The minimum absolute atomic E-state index is 0.112. The van der Waals surface area contributed by atoms with E-state index in [-0.39, 0.29) is 12.6 Å². The van der Waals surface area contributed by atoms with Gasteiger partial charge in [0.05, 0.1) is 11.8 Å². The van der Waals surface area contributed by atoms with Crippen LogP contribution in [0.1, 0.15) is 45.2 Å². The summed E-state index contributed by atoms with van der Waals surface area (Å²) >= 11 is 0. The standard InChI is InChI=1S/C13H17F6N3O2/c1-4-5-9(23)21-10-8(6-20-22(10)7(2)3)11(24,12(14,15)16)13(17,18)19/h6-7,24H,4-5H2,1-3H3,(H,21,23). The predicted octanol–water partition coefficient (Wildman–Crippen LogP) is 3.51. The third-order valence-electron chi connectivity index (χ3n) is 3.23. The van der Waals surface area contributed by atoms with Crippen molar-refractivity contribution in [3.63, 3.8) is 0 Å². The van der Waals surface area contributed by atoms with Gasteiger partial charge in [0, 0.05) is 12.5 Å². The molecule has 5 nitrogen and oxygen atoms in total. The van der Waals surface area contributed by atoms with Gasteiger partial charge in [0.2, 0.25) is 5.91 Å². The highest BCUT2D eigenvalue weighted by Gasteiger charge is 2.72. The number of carbonyl (C=O) groups excluding carboxylic acids is 1. The van der Waals surface area contributed by atoms with Gasteiger partial charge in [-0.1, -0.05) is 6.92 Å². The summed E-state index contributed by atoms with van der Waals surface area (Å²) in [5.74, 6) is -1.62. The summed E-state index contributed by atoms with van der Waals surface area (Å²) in [6.07, 6.45) is -11.6. The highest BCUT2D eigenvalue weighted by molar-refractivity contribution is 5.90. The van der Waals surface area contributed by atoms with Crippen molar-refractivity contribution in [3.05, 3.63) is 11.8 Å². The molecule has 0 aliphatic carbocycles. The highest BCUT2D eigenvalue weighted by Crippen LogP contribution is 2.52. The number of aromatic nitrogens is 2. The minimum Gasteiger partial charge on any atom is -0.369 e. The van der Waals surface area contributed by atoms with Crippen LogP contribution in [0.25, 0.3) is 0 Å². The number of hydrogen-bond donors (Lipinski definition) is 2. The van der Waals surface area contributed by atoms with Gasteiger partial charge in [-0.3, -0.25) is 4.79 Å². The molecule has 1 heterocycles. The number of halogens is 6. The van der Waals surface area contributed by atoms with Crippen LogP contribution in [0.15, 0.2) is 6.20 Å². The lowest BCUT2D eigenvalue weighted by atomic mass is 9.94. The number of aliphatic hydroxyl groups is 1. The fourth-order valence-electron chi connectivity index (χ4n) is 2.03. The monoisotopic (exact) mass is 361 g/mol. The van der Waals surface area contributed by atoms with Crippen LogP contribution >= 0.6 is 0 Å². The third-order valence-corrected chi connectivity index (χ3v) is 3.23. The maximum Gasteiger partial charge on any atom is 0.430 e. The second-order valence-electron chi connectivity index (χ2n) is 5.45. The Hall–Kier alpha value is -1.78. The molecule has 1 aromatic heterocycles. The SMILES string of the molecule is CCCC(=O)Nc1c(C(O)(C(F)(F)F)C(F)(F)F)cnn1C(C)C. The Labute approximate surface area is 133 Å². The lowest BCUT2D eigenvalue weighted by Gasteiger charge is -2.32. The van der Waals surface area contributed by atoms with Crippen molar-refractivity contribution in [3.8, 4) is 0 Å². The van der Waals surface area contributed by atoms with Gasteiger partial charge in [-0.15, -0.1) is 0 Å². The zero-order valence-corrected chi connectivity index (χ0v) is 13.1. The zero-order chi connectivity index (χ0) is 18.9. The summed E-state index contributed by atoms with van der Waals surface area (Å²) in [6.45, 7) is 4.51. The van der Waals surface area contributed by atoms with Gasteiger partial charge < -0.3 is 10.4 Å². The van der Waals surface area contributed by atoms with Gasteiger partial charge in [0.25, 0.3) is 5.60 Å². The number of rotatable bonds is 5. The number of hydrogen-bond acceptors (Lipinski definition) is 3. The Morgan fingerprint density at radius 1 is 1.25 bits per heavy atom. The van der Waals surface area contributed by atoms with E-state index in [1.54, 1.807) is 6.92 Å². The molecule has 0 aromatic carbocycles. The average Bonchev–Trinajstić information content (AvgIpc) is 2.79. The number of carbonyl (C=O) groups is 1. The van der Waals surface area contributed by atoms with Crippen LogP contribution in [0.4, 0.5) is 32.2 Å². The van der Waals surface area contributed by atoms with Crippen molar-refractivity contribution < 1.29 is 36.2 Å². The van der Waals surface area contributed by atoms with E-state index in [4.69, 9.17) is 0 Å². The van der Waals surface area contributed by atoms with Crippen molar-refractivity contribution in [1.82, 2.24) is 9.78 Å². The molecule has 0 aliphatic rings. The Kier molecular flexibility index (Phi) is 5.58. The van der Waals surface area contributed by atoms with E-state index in [2.05, 4.69) is 5.10 Å². The highest BCUT2D eigenvalue weighted by atomic mass is 19.4. The molecule has 0 radical (unpaired) electrons. The van der Waals surface area contributed by atoms with E-state index in [9.17, 15) is 36.2 Å². The summed E-state index contributed by atoms with van der Waals surface area (Å²) in [7, 11) is 0. The lowest BCUT2D eigenvalue weighted by molar-refractivity contribution is -0.376. The van der Waals surface area contributed by atoms with E-state index in [0.717, 1.165) is 4.68 Å². The molecular formula is C13H17F6N3O2. The lowest BCUT2D eigenvalue weighted by Crippen LogP contribution is -2.54. The van der Waals surface area contributed by atoms with Crippen LogP contribution in [0.3, 0.4) is 0 Å². The maximum absolute atomic E-state index is 13.0. The summed E-state index contributed by atoms with van der Waals surface area (Å²) in [5, 5.41) is 15.0. The van der Waals surface area contributed by atoms with Gasteiger partial charge in [-0.25, -0.2) is 4.68 Å². The summed E-state index contributed by atoms with van der Waals surface area (Å²) in [5.41, 5.74) is -6.72. The predicted molar refractivity (Wildman–Crippen MR) is 72.2 cm³/mol. The number of amides is 1. The Morgan fingerprint density at radius 3 is 2.12 bits per heavy atom. The molecule has 0 atom stereocenters. The van der Waals surface area contributed by atoms with Crippen LogP contribution in [0.5, 0.6) is 0 Å². The van der Waals surface area contributed by atoms with Gasteiger partial charge in [-0.2, -0.15) is 31.4 Å². The molecule has 24 heavy (non-hydrogen) atoms. The smallest absolute Gasteiger partial charge is 0.369 e. The molecule has 1 aromatic rings.